The number of carbonyl (C=O) groups is 1. The summed E-state index contributed by atoms with van der Waals surface area (Å²) in [6.45, 7) is 1.14. The van der Waals surface area contributed by atoms with Crippen LogP contribution in [0.15, 0.2) is 36.4 Å². The molecular formula is C21H21F3N2O2S. The molecule has 0 radical (unpaired) electrons. The van der Waals surface area contributed by atoms with Crippen LogP contribution < -0.4 is 4.72 Å². The molecule has 4 atom stereocenters. The highest BCUT2D eigenvalue weighted by molar-refractivity contribution is 7.88. The Morgan fingerprint density at radius 2 is 1.93 bits per heavy atom. The zero-order valence-electron chi connectivity index (χ0n) is 15.8. The zero-order chi connectivity index (χ0) is 20.7. The van der Waals surface area contributed by atoms with E-state index in [9.17, 15) is 22.5 Å². The summed E-state index contributed by atoms with van der Waals surface area (Å²) in [5.74, 6) is -3.23. The Labute approximate surface area is 170 Å². The van der Waals surface area contributed by atoms with E-state index in [0.717, 1.165) is 6.42 Å². The van der Waals surface area contributed by atoms with Crippen molar-refractivity contribution in [3.8, 4) is 11.1 Å². The van der Waals surface area contributed by atoms with Gasteiger partial charge >= 0.3 is 0 Å². The Kier molecular flexibility index (Phi) is 5.59. The second kappa shape index (κ2) is 8.01. The van der Waals surface area contributed by atoms with Gasteiger partial charge in [-0.25, -0.2) is 13.2 Å². The number of carbonyl (C=O) groups excluding carboxylic acids is 1. The highest BCUT2D eigenvalue weighted by Gasteiger charge is 2.49. The van der Waals surface area contributed by atoms with E-state index in [-0.39, 0.29) is 29.3 Å². The molecule has 2 aliphatic rings. The monoisotopic (exact) mass is 422 g/mol. The van der Waals surface area contributed by atoms with Gasteiger partial charge in [0.1, 0.15) is 23.7 Å². The van der Waals surface area contributed by atoms with E-state index in [1.54, 1.807) is 35.4 Å². The van der Waals surface area contributed by atoms with Gasteiger partial charge in [0.25, 0.3) is 0 Å². The average Bonchev–Trinajstić information content (AvgIpc) is 3.41. The molecule has 1 unspecified atom stereocenters. The summed E-state index contributed by atoms with van der Waals surface area (Å²) in [6, 6.07) is 8.16. The topological polar surface area (TPSA) is 55.4 Å². The summed E-state index contributed by atoms with van der Waals surface area (Å²) in [4.78, 5) is 14.7. The lowest BCUT2D eigenvalue weighted by Gasteiger charge is -2.41. The van der Waals surface area contributed by atoms with Gasteiger partial charge in [-0.05, 0) is 29.9 Å². The van der Waals surface area contributed by atoms with E-state index < -0.39 is 28.8 Å². The quantitative estimate of drug-likeness (QED) is 0.727. The third-order valence-corrected chi connectivity index (χ3v) is 6.27. The molecule has 8 heteroatoms. The molecule has 1 amide bonds. The molecule has 1 saturated carbocycles. The third-order valence-electron chi connectivity index (χ3n) is 5.69. The molecule has 4 rings (SSSR count). The van der Waals surface area contributed by atoms with E-state index in [1.165, 1.54) is 0 Å². The van der Waals surface area contributed by atoms with Gasteiger partial charge in [0, 0.05) is 36.0 Å². The summed E-state index contributed by atoms with van der Waals surface area (Å²) < 4.78 is 56.0. The van der Waals surface area contributed by atoms with E-state index in [0.29, 0.717) is 42.8 Å². The molecule has 0 spiro atoms. The number of hydrogen-bond donors (Lipinski definition) is 1. The van der Waals surface area contributed by atoms with Crippen LogP contribution in [0.1, 0.15) is 24.3 Å². The van der Waals surface area contributed by atoms with Crippen LogP contribution in [0.25, 0.3) is 11.1 Å². The molecule has 1 aliphatic heterocycles. The molecule has 1 heterocycles. The molecule has 0 aromatic heterocycles. The average molecular weight is 422 g/mol. The Morgan fingerprint density at radius 3 is 2.55 bits per heavy atom. The highest BCUT2D eigenvalue weighted by atomic mass is 32.2. The van der Waals surface area contributed by atoms with E-state index in [2.05, 4.69) is 4.72 Å². The van der Waals surface area contributed by atoms with Crippen molar-refractivity contribution >= 4 is 17.3 Å². The van der Waals surface area contributed by atoms with Gasteiger partial charge in [-0.2, -0.15) is 0 Å². The molecule has 29 heavy (non-hydrogen) atoms. The first-order chi connectivity index (χ1) is 13.9. The summed E-state index contributed by atoms with van der Waals surface area (Å²) in [7, 11) is 0. The zero-order valence-corrected chi connectivity index (χ0v) is 16.6. The molecular weight excluding hydrogens is 401 g/mol. The van der Waals surface area contributed by atoms with E-state index in [4.69, 9.17) is 0 Å². The number of amides is 1. The lowest BCUT2D eigenvalue weighted by molar-refractivity contribution is -0.140. The van der Waals surface area contributed by atoms with Gasteiger partial charge in [0.05, 0.1) is 18.2 Å². The summed E-state index contributed by atoms with van der Waals surface area (Å²) in [5.41, 5.74) is 0.780. The highest BCUT2D eigenvalue weighted by Crippen LogP contribution is 2.52. The first-order valence-corrected chi connectivity index (χ1v) is 11.0. The Bertz CT molecular complexity index is 917. The lowest BCUT2D eigenvalue weighted by atomic mass is 9.94. The lowest BCUT2D eigenvalue weighted by Crippen LogP contribution is -2.56. The van der Waals surface area contributed by atoms with Crippen LogP contribution in [-0.2, 0) is 16.2 Å². The minimum absolute atomic E-state index is 0.0183. The maximum Gasteiger partial charge on any atom is 0.226 e. The van der Waals surface area contributed by atoms with Gasteiger partial charge in [0.2, 0.25) is 5.91 Å². The SMILES string of the molecule is C[S+]([O-])NC[C@@H]1CCN1C(=O)[C@@H]1C[C@H]1c1ccccc1-c1c(F)cc(F)cc1F. The van der Waals surface area contributed by atoms with E-state index in [1.807, 2.05) is 0 Å². The van der Waals surface area contributed by atoms with E-state index >= 15 is 0 Å². The number of benzene rings is 2. The Balaban J connectivity index is 1.53. The second-order valence-electron chi connectivity index (χ2n) is 7.56. The van der Waals surface area contributed by atoms with Crippen molar-refractivity contribution in [2.24, 2.45) is 5.92 Å². The molecule has 154 valence electrons. The summed E-state index contributed by atoms with van der Waals surface area (Å²) in [5, 5.41) is 0. The minimum atomic E-state index is -1.13. The predicted molar refractivity (Wildman–Crippen MR) is 105 cm³/mol. The van der Waals surface area contributed by atoms with Gasteiger partial charge in [-0.3, -0.25) is 4.79 Å². The minimum Gasteiger partial charge on any atom is -0.598 e. The molecule has 4 nitrogen and oxygen atoms in total. The van der Waals surface area contributed by atoms with Gasteiger partial charge in [-0.15, -0.1) is 4.72 Å². The second-order valence-corrected chi connectivity index (χ2v) is 8.75. The van der Waals surface area contributed by atoms with Crippen LogP contribution in [0.5, 0.6) is 0 Å². The van der Waals surface area contributed by atoms with Crippen molar-refractivity contribution < 1.29 is 22.5 Å². The number of rotatable bonds is 6. The molecule has 2 aromatic rings. The summed E-state index contributed by atoms with van der Waals surface area (Å²) >= 11 is -1.13. The number of hydrogen-bond acceptors (Lipinski definition) is 3. The number of halogens is 3. The van der Waals surface area contributed by atoms with Gasteiger partial charge in [-0.1, -0.05) is 24.3 Å². The smallest absolute Gasteiger partial charge is 0.226 e. The van der Waals surface area contributed by atoms with Gasteiger partial charge in [0.15, 0.2) is 0 Å². The standard InChI is InChI=1S/C21H21F3N2O2S/c1-29(28)25-11-13-6-7-26(13)21(27)17-10-16(17)14-4-2-3-5-15(14)20-18(23)8-12(22)9-19(20)24/h2-5,8-9,13,16-17,25H,6-7,10-11H2,1H3/t13-,16-,17+,29?/m0/s1. The fourth-order valence-electron chi connectivity index (χ4n) is 4.03. The maximum atomic E-state index is 14.3. The molecule has 2 fully saturated rings. The maximum absolute atomic E-state index is 14.3. The molecule has 1 saturated heterocycles. The first kappa shape index (κ1) is 20.3. The van der Waals surface area contributed by atoms with Crippen molar-refractivity contribution in [3.63, 3.8) is 0 Å². The van der Waals surface area contributed by atoms with Crippen molar-refractivity contribution in [3.05, 3.63) is 59.4 Å². The Morgan fingerprint density at radius 1 is 1.24 bits per heavy atom. The normalized spacial score (nSPS) is 24.2. The summed E-state index contributed by atoms with van der Waals surface area (Å²) in [6.07, 6.45) is 3.01. The van der Waals surface area contributed by atoms with Crippen LogP contribution >= 0.6 is 0 Å². The van der Waals surface area contributed by atoms with Crippen molar-refractivity contribution in [1.29, 1.82) is 0 Å². The van der Waals surface area contributed by atoms with Crippen LogP contribution in [0.2, 0.25) is 0 Å². The third kappa shape index (κ3) is 4.01. The predicted octanol–water partition coefficient (Wildman–Crippen LogP) is 3.36. The number of likely N-dealkylation sites (tertiary alicyclic amines) is 1. The fraction of sp³-hybridized carbons (Fsp3) is 0.381. The van der Waals surface area contributed by atoms with Gasteiger partial charge < -0.3 is 9.45 Å². The number of nitrogens with zero attached hydrogens (tertiary/aromatic N) is 1. The van der Waals surface area contributed by atoms with Crippen molar-refractivity contribution in [2.75, 3.05) is 19.3 Å². The van der Waals surface area contributed by atoms with Crippen LogP contribution in [0.4, 0.5) is 13.2 Å². The van der Waals surface area contributed by atoms with Crippen molar-refractivity contribution in [2.45, 2.75) is 24.8 Å². The van der Waals surface area contributed by atoms with Crippen molar-refractivity contribution in [1.82, 2.24) is 9.62 Å². The largest absolute Gasteiger partial charge is 0.598 e. The fourth-order valence-corrected chi connectivity index (χ4v) is 4.46. The molecule has 1 aliphatic carbocycles. The van der Waals surface area contributed by atoms with Crippen LogP contribution in [-0.4, -0.2) is 40.7 Å². The first-order valence-electron chi connectivity index (χ1n) is 9.48. The van der Waals surface area contributed by atoms with Crippen LogP contribution in [0.3, 0.4) is 0 Å². The molecule has 2 aromatic carbocycles. The number of nitrogens with one attached hydrogen (secondary N) is 1. The molecule has 0 bridgehead atoms. The molecule has 1 N–H and O–H groups in total. The Hall–Kier alpha value is -2.03. The van der Waals surface area contributed by atoms with Crippen LogP contribution in [0, 0.1) is 23.4 Å².